The van der Waals surface area contributed by atoms with E-state index in [-0.39, 0.29) is 23.4 Å². The Labute approximate surface area is 105 Å². The van der Waals surface area contributed by atoms with E-state index in [1.54, 1.807) is 0 Å². The van der Waals surface area contributed by atoms with Crippen molar-refractivity contribution in [2.75, 3.05) is 0 Å². The lowest BCUT2D eigenvalue weighted by molar-refractivity contribution is -0.129. The number of hydrogen-bond acceptors (Lipinski definition) is 2. The van der Waals surface area contributed by atoms with Crippen molar-refractivity contribution in [3.8, 4) is 0 Å². The lowest BCUT2D eigenvalue weighted by Gasteiger charge is -2.43. The maximum atomic E-state index is 12.3. The van der Waals surface area contributed by atoms with Crippen molar-refractivity contribution >= 4 is 5.91 Å². The van der Waals surface area contributed by atoms with Crippen LogP contribution in [0.3, 0.4) is 0 Å². The van der Waals surface area contributed by atoms with E-state index in [4.69, 9.17) is 5.73 Å². The highest BCUT2D eigenvalue weighted by atomic mass is 16.2. The van der Waals surface area contributed by atoms with Gasteiger partial charge in [0.2, 0.25) is 5.91 Å². The highest BCUT2D eigenvalue weighted by Gasteiger charge is 2.38. The second-order valence-electron chi connectivity index (χ2n) is 5.89. The van der Waals surface area contributed by atoms with Crippen LogP contribution >= 0.6 is 0 Å². The summed E-state index contributed by atoms with van der Waals surface area (Å²) in [4.78, 5) is 12.3. The van der Waals surface area contributed by atoms with E-state index in [2.05, 4.69) is 12.2 Å². The molecule has 0 radical (unpaired) electrons. The minimum absolute atomic E-state index is 0.0570. The molecule has 1 amide bonds. The molecule has 3 nitrogen and oxygen atoms in total. The van der Waals surface area contributed by atoms with Crippen LogP contribution in [0, 0.1) is 5.92 Å². The second kappa shape index (κ2) is 5.38. The number of carbonyl (C=O) groups is 1. The monoisotopic (exact) mass is 238 g/mol. The Kier molecular flexibility index (Phi) is 4.08. The maximum absolute atomic E-state index is 12.3. The molecule has 0 bridgehead atoms. The summed E-state index contributed by atoms with van der Waals surface area (Å²) in [6.07, 6.45) is 10.2. The number of hydrogen-bond donors (Lipinski definition) is 2. The molecule has 2 unspecified atom stereocenters. The second-order valence-corrected chi connectivity index (χ2v) is 5.89. The van der Waals surface area contributed by atoms with Crippen LogP contribution in [0.1, 0.15) is 64.7 Å². The average Bonchev–Trinajstić information content (AvgIpc) is 2.48. The average molecular weight is 238 g/mol. The first-order valence-electron chi connectivity index (χ1n) is 7.24. The van der Waals surface area contributed by atoms with Crippen molar-refractivity contribution in [1.29, 1.82) is 0 Å². The van der Waals surface area contributed by atoms with Crippen LogP contribution in [0.5, 0.6) is 0 Å². The number of carbonyl (C=O) groups excluding carboxylic acids is 1. The SMILES string of the molecule is CCC1(NC(=O)C2CCCCCC2N)CCC1. The maximum Gasteiger partial charge on any atom is 0.225 e. The Morgan fingerprint density at radius 1 is 1.24 bits per heavy atom. The van der Waals surface area contributed by atoms with Gasteiger partial charge in [-0.2, -0.15) is 0 Å². The fourth-order valence-corrected chi connectivity index (χ4v) is 3.19. The highest BCUT2D eigenvalue weighted by molar-refractivity contribution is 5.80. The minimum atomic E-state index is 0.0570. The van der Waals surface area contributed by atoms with Gasteiger partial charge in [0, 0.05) is 11.6 Å². The van der Waals surface area contributed by atoms with E-state index in [1.165, 1.54) is 19.3 Å². The molecule has 2 aliphatic carbocycles. The zero-order valence-electron chi connectivity index (χ0n) is 11.0. The summed E-state index contributed by atoms with van der Waals surface area (Å²) in [6.45, 7) is 2.17. The number of nitrogens with one attached hydrogen (secondary N) is 1. The largest absolute Gasteiger partial charge is 0.350 e. The van der Waals surface area contributed by atoms with E-state index in [9.17, 15) is 4.79 Å². The summed E-state index contributed by atoms with van der Waals surface area (Å²) in [6, 6.07) is 0.0754. The molecule has 0 aromatic rings. The Morgan fingerprint density at radius 2 is 1.94 bits per heavy atom. The first-order valence-corrected chi connectivity index (χ1v) is 7.24. The Hall–Kier alpha value is -0.570. The minimum Gasteiger partial charge on any atom is -0.350 e. The van der Waals surface area contributed by atoms with E-state index >= 15 is 0 Å². The molecule has 3 N–H and O–H groups in total. The molecule has 3 heteroatoms. The third-order valence-electron chi connectivity index (χ3n) is 4.78. The highest BCUT2D eigenvalue weighted by Crippen LogP contribution is 2.35. The predicted octanol–water partition coefficient (Wildman–Crippen LogP) is 2.34. The Balaban J connectivity index is 1.93. The van der Waals surface area contributed by atoms with Crippen LogP contribution in [0.25, 0.3) is 0 Å². The Morgan fingerprint density at radius 3 is 2.53 bits per heavy atom. The molecule has 2 fully saturated rings. The summed E-state index contributed by atoms with van der Waals surface area (Å²) < 4.78 is 0. The molecule has 2 rings (SSSR count). The van der Waals surface area contributed by atoms with E-state index in [1.807, 2.05) is 0 Å². The molecule has 0 aromatic carbocycles. The van der Waals surface area contributed by atoms with Crippen molar-refractivity contribution in [1.82, 2.24) is 5.32 Å². The van der Waals surface area contributed by atoms with Gasteiger partial charge in [0.25, 0.3) is 0 Å². The summed E-state index contributed by atoms with van der Waals surface area (Å²) in [5.41, 5.74) is 6.25. The molecule has 0 saturated heterocycles. The lowest BCUT2D eigenvalue weighted by atomic mass is 9.74. The molecule has 17 heavy (non-hydrogen) atoms. The molecular weight excluding hydrogens is 212 g/mol. The van der Waals surface area contributed by atoms with Crippen LogP contribution in [0.4, 0.5) is 0 Å². The molecule has 0 spiro atoms. The number of nitrogens with two attached hydrogens (primary N) is 1. The fourth-order valence-electron chi connectivity index (χ4n) is 3.19. The van der Waals surface area contributed by atoms with Gasteiger partial charge in [-0.1, -0.05) is 26.2 Å². The standard InChI is InChI=1S/C14H26N2O/c1-2-14(9-6-10-14)16-13(17)11-7-4-3-5-8-12(11)15/h11-12H,2-10,15H2,1H3,(H,16,17). The van der Waals surface area contributed by atoms with Gasteiger partial charge >= 0.3 is 0 Å². The van der Waals surface area contributed by atoms with Crippen molar-refractivity contribution in [3.63, 3.8) is 0 Å². The van der Waals surface area contributed by atoms with Gasteiger partial charge in [-0.25, -0.2) is 0 Å². The van der Waals surface area contributed by atoms with Gasteiger partial charge in [-0.3, -0.25) is 4.79 Å². The van der Waals surface area contributed by atoms with Crippen LogP contribution in [-0.2, 0) is 4.79 Å². The fraction of sp³-hybridized carbons (Fsp3) is 0.929. The summed E-state index contributed by atoms with van der Waals surface area (Å²) in [7, 11) is 0. The molecule has 2 saturated carbocycles. The van der Waals surface area contributed by atoms with Crippen molar-refractivity contribution in [2.45, 2.75) is 76.3 Å². The first kappa shape index (κ1) is 12.9. The molecular formula is C14H26N2O. The van der Waals surface area contributed by atoms with Gasteiger partial charge in [-0.05, 0) is 38.5 Å². The topological polar surface area (TPSA) is 55.1 Å². The summed E-state index contributed by atoms with van der Waals surface area (Å²) in [5, 5.41) is 3.29. The quantitative estimate of drug-likeness (QED) is 0.742. The van der Waals surface area contributed by atoms with Crippen molar-refractivity contribution in [3.05, 3.63) is 0 Å². The van der Waals surface area contributed by atoms with Gasteiger partial charge < -0.3 is 11.1 Å². The first-order chi connectivity index (χ1) is 8.17. The van der Waals surface area contributed by atoms with E-state index < -0.39 is 0 Å². The van der Waals surface area contributed by atoms with Crippen molar-refractivity contribution in [2.24, 2.45) is 11.7 Å². The summed E-state index contributed by atoms with van der Waals surface area (Å²) in [5.74, 6) is 0.280. The van der Waals surface area contributed by atoms with Crippen LogP contribution in [-0.4, -0.2) is 17.5 Å². The van der Waals surface area contributed by atoms with Crippen LogP contribution in [0.15, 0.2) is 0 Å². The molecule has 0 heterocycles. The van der Waals surface area contributed by atoms with E-state index in [0.717, 1.165) is 38.5 Å². The summed E-state index contributed by atoms with van der Waals surface area (Å²) >= 11 is 0. The van der Waals surface area contributed by atoms with Gasteiger partial charge in [0.1, 0.15) is 0 Å². The number of amides is 1. The van der Waals surface area contributed by atoms with Gasteiger partial charge in [-0.15, -0.1) is 0 Å². The zero-order valence-corrected chi connectivity index (χ0v) is 11.0. The van der Waals surface area contributed by atoms with Gasteiger partial charge in [0.15, 0.2) is 0 Å². The zero-order chi connectivity index (χ0) is 12.3. The lowest BCUT2D eigenvalue weighted by Crippen LogP contribution is -2.56. The molecule has 2 atom stereocenters. The van der Waals surface area contributed by atoms with Gasteiger partial charge in [0.05, 0.1) is 5.92 Å². The van der Waals surface area contributed by atoms with E-state index in [0.29, 0.717) is 0 Å². The molecule has 98 valence electrons. The van der Waals surface area contributed by atoms with Crippen LogP contribution in [0.2, 0.25) is 0 Å². The predicted molar refractivity (Wildman–Crippen MR) is 69.6 cm³/mol. The third-order valence-corrected chi connectivity index (χ3v) is 4.78. The molecule has 2 aliphatic rings. The smallest absolute Gasteiger partial charge is 0.225 e. The molecule has 0 aliphatic heterocycles. The van der Waals surface area contributed by atoms with Crippen LogP contribution < -0.4 is 11.1 Å². The number of rotatable bonds is 3. The van der Waals surface area contributed by atoms with Crippen molar-refractivity contribution < 1.29 is 4.79 Å². The third kappa shape index (κ3) is 2.82. The normalized spacial score (nSPS) is 32.4. The Bertz CT molecular complexity index is 268. The molecule has 0 aromatic heterocycles.